The Morgan fingerprint density at radius 2 is 1.95 bits per heavy atom. The highest BCUT2D eigenvalue weighted by atomic mass is 32.2. The predicted molar refractivity (Wildman–Crippen MR) is 74.3 cm³/mol. The van der Waals surface area contributed by atoms with Crippen molar-refractivity contribution in [2.24, 2.45) is 7.05 Å². The predicted octanol–water partition coefficient (Wildman–Crippen LogP) is 1.56. The first-order chi connectivity index (χ1) is 9.20. The quantitative estimate of drug-likeness (QED) is 0.841. The third-order valence-corrected chi connectivity index (χ3v) is 4.32. The lowest BCUT2D eigenvalue weighted by Gasteiger charge is -2.11. The average Bonchev–Trinajstić information content (AvgIpc) is 2.61. The Kier molecular flexibility index (Phi) is 3.43. The van der Waals surface area contributed by atoms with Gasteiger partial charge in [0.2, 0.25) is 0 Å². The van der Waals surface area contributed by atoms with Crippen molar-refractivity contribution >= 4 is 21.5 Å². The van der Waals surface area contributed by atoms with Gasteiger partial charge in [-0.1, -0.05) is 0 Å². The molecule has 0 bridgehead atoms. The van der Waals surface area contributed by atoms with Gasteiger partial charge in [-0.2, -0.15) is 5.10 Å². The minimum atomic E-state index is -3.85. The monoisotopic (exact) mass is 298 g/mol. The number of sulfonamides is 1. The van der Waals surface area contributed by atoms with Crippen molar-refractivity contribution in [1.82, 2.24) is 9.78 Å². The van der Waals surface area contributed by atoms with E-state index in [9.17, 15) is 12.8 Å². The van der Waals surface area contributed by atoms with Gasteiger partial charge in [0.25, 0.3) is 10.0 Å². The van der Waals surface area contributed by atoms with Gasteiger partial charge < -0.3 is 5.73 Å². The fraction of sp³-hybridized carbons (Fsp3) is 0.250. The molecule has 0 aliphatic carbocycles. The Morgan fingerprint density at radius 1 is 1.30 bits per heavy atom. The fourth-order valence-corrected chi connectivity index (χ4v) is 3.20. The van der Waals surface area contributed by atoms with Crippen molar-refractivity contribution in [2.75, 3.05) is 10.5 Å². The maximum atomic E-state index is 13.3. The van der Waals surface area contributed by atoms with Crippen LogP contribution in [0.1, 0.15) is 11.3 Å². The van der Waals surface area contributed by atoms with Crippen LogP contribution in [0.4, 0.5) is 15.9 Å². The van der Waals surface area contributed by atoms with Crippen LogP contribution in [-0.4, -0.2) is 18.2 Å². The summed E-state index contributed by atoms with van der Waals surface area (Å²) < 4.78 is 41.7. The Labute approximate surface area is 116 Å². The second-order valence-electron chi connectivity index (χ2n) is 4.54. The number of nitrogens with zero attached hydrogens (tertiary/aromatic N) is 2. The largest absolute Gasteiger partial charge is 0.396 e. The van der Waals surface area contributed by atoms with Crippen LogP contribution in [0, 0.1) is 19.7 Å². The van der Waals surface area contributed by atoms with E-state index in [2.05, 4.69) is 9.82 Å². The van der Waals surface area contributed by atoms with E-state index in [1.807, 2.05) is 0 Å². The first-order valence-electron chi connectivity index (χ1n) is 5.80. The van der Waals surface area contributed by atoms with Gasteiger partial charge in [-0.05, 0) is 31.5 Å². The molecule has 108 valence electrons. The Morgan fingerprint density at radius 3 is 2.50 bits per heavy atom. The number of aromatic nitrogens is 2. The number of hydrogen-bond acceptors (Lipinski definition) is 4. The second-order valence-corrected chi connectivity index (χ2v) is 6.19. The van der Waals surface area contributed by atoms with Crippen LogP contribution in [0.3, 0.4) is 0 Å². The van der Waals surface area contributed by atoms with Crippen molar-refractivity contribution in [3.05, 3.63) is 35.3 Å². The summed E-state index contributed by atoms with van der Waals surface area (Å²) in [4.78, 5) is -0.0600. The van der Waals surface area contributed by atoms with Crippen molar-refractivity contribution in [2.45, 2.75) is 18.7 Å². The standard InChI is InChI=1S/C12H15FN4O2S/c1-7-4-9(13)10(14)6-11(7)20(18,19)16-12-5-8(2)15-17(12)3/h4-6,16H,14H2,1-3H3. The van der Waals surface area contributed by atoms with Gasteiger partial charge >= 0.3 is 0 Å². The van der Waals surface area contributed by atoms with Crippen LogP contribution in [0.5, 0.6) is 0 Å². The highest BCUT2D eigenvalue weighted by Crippen LogP contribution is 2.23. The highest BCUT2D eigenvalue weighted by molar-refractivity contribution is 7.92. The summed E-state index contributed by atoms with van der Waals surface area (Å²) >= 11 is 0. The molecule has 0 saturated heterocycles. The van der Waals surface area contributed by atoms with Crippen LogP contribution in [0.15, 0.2) is 23.1 Å². The first-order valence-corrected chi connectivity index (χ1v) is 7.28. The summed E-state index contributed by atoms with van der Waals surface area (Å²) in [5.74, 6) is -0.317. The number of anilines is 2. The Hall–Kier alpha value is -2.09. The van der Waals surface area contributed by atoms with E-state index in [4.69, 9.17) is 5.73 Å². The van der Waals surface area contributed by atoms with Crippen molar-refractivity contribution in [1.29, 1.82) is 0 Å². The summed E-state index contributed by atoms with van der Waals surface area (Å²) in [6.45, 7) is 3.25. The lowest BCUT2D eigenvalue weighted by atomic mass is 10.2. The molecule has 1 aromatic heterocycles. The van der Waals surface area contributed by atoms with Crippen molar-refractivity contribution < 1.29 is 12.8 Å². The zero-order chi connectivity index (χ0) is 15.1. The molecule has 0 aliphatic heterocycles. The van der Waals surface area contributed by atoms with Crippen LogP contribution in [0.2, 0.25) is 0 Å². The molecule has 0 unspecified atom stereocenters. The summed E-state index contributed by atoms with van der Waals surface area (Å²) in [7, 11) is -2.23. The first kappa shape index (κ1) is 14.3. The molecule has 3 N–H and O–H groups in total. The Bertz CT molecular complexity index is 768. The lowest BCUT2D eigenvalue weighted by molar-refractivity contribution is 0.598. The summed E-state index contributed by atoms with van der Waals surface area (Å²) in [6.07, 6.45) is 0. The number of nitrogens with two attached hydrogens (primary N) is 1. The highest BCUT2D eigenvalue weighted by Gasteiger charge is 2.20. The molecule has 0 saturated carbocycles. The molecule has 0 atom stereocenters. The molecule has 1 heterocycles. The number of hydrogen-bond donors (Lipinski definition) is 2. The number of halogens is 1. The number of aryl methyl sites for hydroxylation is 3. The van der Waals surface area contributed by atoms with Gasteiger partial charge in [0.1, 0.15) is 11.6 Å². The maximum absolute atomic E-state index is 13.3. The van der Waals surface area contributed by atoms with Gasteiger partial charge in [-0.25, -0.2) is 12.8 Å². The normalized spacial score (nSPS) is 11.6. The number of nitrogens with one attached hydrogen (secondary N) is 1. The van der Waals surface area contributed by atoms with Gasteiger partial charge in [-0.15, -0.1) is 0 Å². The topological polar surface area (TPSA) is 90.0 Å². The van der Waals surface area contributed by atoms with E-state index in [1.165, 1.54) is 11.6 Å². The molecule has 20 heavy (non-hydrogen) atoms. The SMILES string of the molecule is Cc1cc(NS(=O)(=O)c2cc(N)c(F)cc2C)n(C)n1. The second kappa shape index (κ2) is 4.78. The molecule has 6 nitrogen and oxygen atoms in total. The molecule has 0 amide bonds. The van der Waals surface area contributed by atoms with Gasteiger partial charge in [0.15, 0.2) is 0 Å². The van der Waals surface area contributed by atoms with Crippen LogP contribution >= 0.6 is 0 Å². The smallest absolute Gasteiger partial charge is 0.263 e. The number of benzene rings is 1. The molecule has 0 aliphatic rings. The molecule has 0 spiro atoms. The molecule has 0 radical (unpaired) electrons. The molecule has 1 aromatic carbocycles. The summed E-state index contributed by atoms with van der Waals surface area (Å²) in [5.41, 5.74) is 6.18. The third kappa shape index (κ3) is 2.60. The van der Waals surface area contributed by atoms with E-state index < -0.39 is 15.8 Å². The minimum absolute atomic E-state index is 0.0600. The van der Waals surface area contributed by atoms with Crippen molar-refractivity contribution in [3.8, 4) is 0 Å². The molecule has 2 aromatic rings. The molecule has 2 rings (SSSR count). The average molecular weight is 298 g/mol. The van der Waals surface area contributed by atoms with E-state index in [-0.39, 0.29) is 16.1 Å². The maximum Gasteiger partial charge on any atom is 0.263 e. The third-order valence-electron chi connectivity index (χ3n) is 2.82. The van der Waals surface area contributed by atoms with Gasteiger partial charge in [0.05, 0.1) is 16.3 Å². The molecular weight excluding hydrogens is 283 g/mol. The van der Waals surface area contributed by atoms with E-state index >= 15 is 0 Å². The molecule has 8 heteroatoms. The number of nitrogen functional groups attached to an aromatic ring is 1. The van der Waals surface area contributed by atoms with Crippen LogP contribution in [-0.2, 0) is 17.1 Å². The Balaban J connectivity index is 2.46. The molecular formula is C12H15FN4O2S. The molecule has 0 fully saturated rings. The zero-order valence-electron chi connectivity index (χ0n) is 11.3. The van der Waals surface area contributed by atoms with E-state index in [1.54, 1.807) is 20.0 Å². The summed E-state index contributed by atoms with van der Waals surface area (Å²) in [6, 6.07) is 3.80. The van der Waals surface area contributed by atoms with Gasteiger partial charge in [-0.3, -0.25) is 9.40 Å². The lowest BCUT2D eigenvalue weighted by Crippen LogP contribution is -2.17. The fourth-order valence-electron chi connectivity index (χ4n) is 1.86. The van der Waals surface area contributed by atoms with E-state index in [0.717, 1.165) is 12.1 Å². The summed E-state index contributed by atoms with van der Waals surface area (Å²) in [5, 5.41) is 4.05. The van der Waals surface area contributed by atoms with Crippen LogP contribution in [0.25, 0.3) is 0 Å². The zero-order valence-corrected chi connectivity index (χ0v) is 12.1. The minimum Gasteiger partial charge on any atom is -0.396 e. The van der Waals surface area contributed by atoms with Crippen LogP contribution < -0.4 is 10.5 Å². The van der Waals surface area contributed by atoms with Crippen molar-refractivity contribution in [3.63, 3.8) is 0 Å². The number of rotatable bonds is 3. The van der Waals surface area contributed by atoms with E-state index in [0.29, 0.717) is 11.5 Å². The van der Waals surface area contributed by atoms with Gasteiger partial charge in [0, 0.05) is 13.1 Å².